The number of rotatable bonds is 7. The molecule has 0 aliphatic heterocycles. The molecule has 0 atom stereocenters. The lowest BCUT2D eigenvalue weighted by molar-refractivity contribution is -0.116. The Morgan fingerprint density at radius 1 is 1.10 bits per heavy atom. The molecule has 152 valence electrons. The number of nitrogens with one attached hydrogen (secondary N) is 1. The molecule has 4 aromatic rings. The van der Waals surface area contributed by atoms with Crippen LogP contribution in [0.15, 0.2) is 67.0 Å². The number of methoxy groups -OCH3 is 1. The fourth-order valence-electron chi connectivity index (χ4n) is 3.35. The van der Waals surface area contributed by atoms with Crippen molar-refractivity contribution >= 4 is 28.5 Å². The quantitative estimate of drug-likeness (QED) is 0.495. The average Bonchev–Trinajstić information content (AvgIpc) is 3.33. The topological polar surface area (TPSA) is 104 Å². The third kappa shape index (κ3) is 4.02. The Bertz CT molecular complexity index is 1210. The summed E-state index contributed by atoms with van der Waals surface area (Å²) in [6.45, 7) is 0.614. The van der Waals surface area contributed by atoms with E-state index >= 15 is 0 Å². The summed E-state index contributed by atoms with van der Waals surface area (Å²) in [5.41, 5.74) is 7.68. The first-order valence-corrected chi connectivity index (χ1v) is 9.37. The van der Waals surface area contributed by atoms with Crippen molar-refractivity contribution in [2.45, 2.75) is 13.1 Å². The number of amides is 2. The predicted octanol–water partition coefficient (Wildman–Crippen LogP) is 2.63. The van der Waals surface area contributed by atoms with Crippen LogP contribution < -0.4 is 15.8 Å². The summed E-state index contributed by atoms with van der Waals surface area (Å²) in [7, 11) is 1.63. The van der Waals surface area contributed by atoms with Gasteiger partial charge in [0, 0.05) is 29.4 Å². The SMILES string of the molecule is COc1ccc(Cn2ccc(NC(=O)Cn3cc(C(N)=O)c4ccccc43)n2)cc1. The molecule has 2 heterocycles. The molecule has 2 aromatic heterocycles. The molecule has 0 unspecified atom stereocenters. The second-order valence-corrected chi connectivity index (χ2v) is 6.85. The van der Waals surface area contributed by atoms with E-state index < -0.39 is 5.91 Å². The molecular weight excluding hydrogens is 382 g/mol. The lowest BCUT2D eigenvalue weighted by atomic mass is 10.2. The Labute approximate surface area is 172 Å². The van der Waals surface area contributed by atoms with Crippen LogP contribution in [0.4, 0.5) is 5.82 Å². The fraction of sp³-hybridized carbons (Fsp3) is 0.136. The molecule has 0 radical (unpaired) electrons. The molecule has 4 rings (SSSR count). The van der Waals surface area contributed by atoms with Crippen LogP contribution in [0.3, 0.4) is 0 Å². The summed E-state index contributed by atoms with van der Waals surface area (Å²) in [5, 5.41) is 7.91. The second kappa shape index (κ2) is 8.12. The van der Waals surface area contributed by atoms with Crippen molar-refractivity contribution in [1.29, 1.82) is 0 Å². The van der Waals surface area contributed by atoms with Crippen LogP contribution >= 0.6 is 0 Å². The molecule has 0 aliphatic rings. The van der Waals surface area contributed by atoms with E-state index in [2.05, 4.69) is 10.4 Å². The number of nitrogens with zero attached hydrogens (tertiary/aromatic N) is 3. The van der Waals surface area contributed by atoms with E-state index in [-0.39, 0.29) is 12.5 Å². The number of fused-ring (bicyclic) bond motifs is 1. The number of hydrogen-bond donors (Lipinski definition) is 2. The second-order valence-electron chi connectivity index (χ2n) is 6.85. The van der Waals surface area contributed by atoms with Gasteiger partial charge in [-0.2, -0.15) is 5.10 Å². The maximum atomic E-state index is 12.5. The zero-order valence-corrected chi connectivity index (χ0v) is 16.4. The normalized spacial score (nSPS) is 10.8. The fourth-order valence-corrected chi connectivity index (χ4v) is 3.35. The van der Waals surface area contributed by atoms with E-state index in [0.29, 0.717) is 17.9 Å². The van der Waals surface area contributed by atoms with Gasteiger partial charge < -0.3 is 20.4 Å². The number of para-hydroxylation sites is 1. The highest BCUT2D eigenvalue weighted by Gasteiger charge is 2.14. The van der Waals surface area contributed by atoms with Gasteiger partial charge in [-0.3, -0.25) is 14.3 Å². The van der Waals surface area contributed by atoms with Crippen LogP contribution in [0.2, 0.25) is 0 Å². The van der Waals surface area contributed by atoms with Gasteiger partial charge in [0.25, 0.3) is 5.91 Å². The molecule has 0 fully saturated rings. The summed E-state index contributed by atoms with van der Waals surface area (Å²) in [4.78, 5) is 24.2. The highest BCUT2D eigenvalue weighted by molar-refractivity contribution is 6.06. The number of hydrogen-bond acceptors (Lipinski definition) is 4. The molecule has 30 heavy (non-hydrogen) atoms. The van der Waals surface area contributed by atoms with Crippen molar-refractivity contribution in [1.82, 2.24) is 14.3 Å². The Balaban J connectivity index is 1.44. The number of aromatic nitrogens is 3. The molecule has 0 bridgehead atoms. The number of primary amides is 1. The van der Waals surface area contributed by atoms with Gasteiger partial charge in [-0.15, -0.1) is 0 Å². The summed E-state index contributed by atoms with van der Waals surface area (Å²) >= 11 is 0. The van der Waals surface area contributed by atoms with Crippen LogP contribution in [0.5, 0.6) is 5.75 Å². The Morgan fingerprint density at radius 3 is 2.60 bits per heavy atom. The number of carbonyl (C=O) groups excluding carboxylic acids is 2. The monoisotopic (exact) mass is 403 g/mol. The first-order chi connectivity index (χ1) is 14.5. The zero-order valence-electron chi connectivity index (χ0n) is 16.4. The van der Waals surface area contributed by atoms with Crippen molar-refractivity contribution in [3.63, 3.8) is 0 Å². The summed E-state index contributed by atoms with van der Waals surface area (Å²) in [6, 6.07) is 16.8. The van der Waals surface area contributed by atoms with Gasteiger partial charge in [0.15, 0.2) is 5.82 Å². The molecule has 3 N–H and O–H groups in total. The van der Waals surface area contributed by atoms with Crippen molar-refractivity contribution in [2.75, 3.05) is 12.4 Å². The van der Waals surface area contributed by atoms with Crippen molar-refractivity contribution in [3.8, 4) is 5.75 Å². The first kappa shape index (κ1) is 19.3. The van der Waals surface area contributed by atoms with Crippen LogP contribution in [-0.4, -0.2) is 33.3 Å². The van der Waals surface area contributed by atoms with E-state index in [9.17, 15) is 9.59 Å². The molecule has 2 aromatic carbocycles. The molecule has 8 nitrogen and oxygen atoms in total. The third-order valence-corrected chi connectivity index (χ3v) is 4.78. The Kier molecular flexibility index (Phi) is 5.21. The zero-order chi connectivity index (χ0) is 21.1. The standard InChI is InChI=1S/C22H21N5O3/c1-30-16-8-6-15(7-9-16)12-27-11-10-20(25-27)24-21(28)14-26-13-18(22(23)29)17-4-2-3-5-19(17)26/h2-11,13H,12,14H2,1H3,(H2,23,29)(H,24,25,28). The number of carbonyl (C=O) groups is 2. The minimum Gasteiger partial charge on any atom is -0.497 e. The van der Waals surface area contributed by atoms with Crippen LogP contribution in [0.1, 0.15) is 15.9 Å². The number of nitrogens with two attached hydrogens (primary N) is 1. The van der Waals surface area contributed by atoms with E-state index in [1.807, 2.05) is 48.5 Å². The number of anilines is 1. The highest BCUT2D eigenvalue weighted by Crippen LogP contribution is 2.21. The lowest BCUT2D eigenvalue weighted by Crippen LogP contribution is -2.19. The minimum atomic E-state index is -0.525. The van der Waals surface area contributed by atoms with Crippen LogP contribution in [0, 0.1) is 0 Å². The van der Waals surface area contributed by atoms with E-state index in [4.69, 9.17) is 10.5 Å². The summed E-state index contributed by atoms with van der Waals surface area (Å²) in [6.07, 6.45) is 3.41. The third-order valence-electron chi connectivity index (χ3n) is 4.78. The molecule has 8 heteroatoms. The van der Waals surface area contributed by atoms with Gasteiger partial charge in [0.05, 0.1) is 19.2 Å². The number of ether oxygens (including phenoxy) is 1. The minimum absolute atomic E-state index is 0.0408. The average molecular weight is 403 g/mol. The van der Waals surface area contributed by atoms with Gasteiger partial charge in [-0.05, 0) is 23.8 Å². The van der Waals surface area contributed by atoms with E-state index in [0.717, 1.165) is 22.2 Å². The first-order valence-electron chi connectivity index (χ1n) is 9.37. The molecule has 0 saturated heterocycles. The van der Waals surface area contributed by atoms with Crippen LogP contribution in [0.25, 0.3) is 10.9 Å². The molecule has 0 spiro atoms. The number of benzene rings is 2. The van der Waals surface area contributed by atoms with Gasteiger partial charge in [0.1, 0.15) is 12.3 Å². The van der Waals surface area contributed by atoms with Crippen molar-refractivity contribution in [3.05, 3.63) is 78.1 Å². The smallest absolute Gasteiger partial charge is 0.250 e. The lowest BCUT2D eigenvalue weighted by Gasteiger charge is -2.06. The van der Waals surface area contributed by atoms with Crippen molar-refractivity contribution < 1.29 is 14.3 Å². The Hall–Kier alpha value is -4.07. The van der Waals surface area contributed by atoms with Gasteiger partial charge in [-0.1, -0.05) is 30.3 Å². The summed E-state index contributed by atoms with van der Waals surface area (Å²) < 4.78 is 8.61. The van der Waals surface area contributed by atoms with Crippen LogP contribution in [-0.2, 0) is 17.9 Å². The molecule has 0 saturated carbocycles. The molecule has 2 amide bonds. The van der Waals surface area contributed by atoms with E-state index in [1.165, 1.54) is 0 Å². The summed E-state index contributed by atoms with van der Waals surface area (Å²) in [5.74, 6) is 0.480. The van der Waals surface area contributed by atoms with E-state index in [1.54, 1.807) is 34.8 Å². The largest absolute Gasteiger partial charge is 0.497 e. The van der Waals surface area contributed by atoms with Crippen molar-refractivity contribution in [2.24, 2.45) is 5.73 Å². The van der Waals surface area contributed by atoms with Gasteiger partial charge in [0.2, 0.25) is 5.91 Å². The predicted molar refractivity (Wildman–Crippen MR) is 113 cm³/mol. The Morgan fingerprint density at radius 2 is 1.87 bits per heavy atom. The maximum absolute atomic E-state index is 12.5. The van der Waals surface area contributed by atoms with Gasteiger partial charge >= 0.3 is 0 Å². The molecule has 0 aliphatic carbocycles. The maximum Gasteiger partial charge on any atom is 0.250 e. The van der Waals surface area contributed by atoms with Gasteiger partial charge in [-0.25, -0.2) is 0 Å². The molecular formula is C22H21N5O3. The highest BCUT2D eigenvalue weighted by atomic mass is 16.5.